The van der Waals surface area contributed by atoms with Crippen molar-refractivity contribution < 1.29 is 29.9 Å². The average Bonchev–Trinajstić information content (AvgIpc) is 3.26. The highest BCUT2D eigenvalue weighted by molar-refractivity contribution is 4.95. The molecule has 186 valence electrons. The molecule has 2 rings (SSSR count). The zero-order valence-corrected chi connectivity index (χ0v) is 19.5. The summed E-state index contributed by atoms with van der Waals surface area (Å²) in [6.45, 7) is 2.73. The lowest BCUT2D eigenvalue weighted by atomic mass is 9.98. The quantitative estimate of drug-likeness (QED) is 0.263. The molecule has 9 nitrogen and oxygen atoms in total. The number of aromatic nitrogens is 3. The molecule has 0 saturated carbocycles. The molecule has 1 aliphatic rings. The molecule has 0 amide bonds. The van der Waals surface area contributed by atoms with Crippen molar-refractivity contribution in [2.24, 2.45) is 0 Å². The van der Waals surface area contributed by atoms with Crippen molar-refractivity contribution >= 4 is 0 Å². The average molecular weight is 458 g/mol. The summed E-state index contributed by atoms with van der Waals surface area (Å²) in [6.07, 6.45) is 10.9. The van der Waals surface area contributed by atoms with Gasteiger partial charge in [-0.25, -0.2) is 4.68 Å². The van der Waals surface area contributed by atoms with Crippen LogP contribution in [-0.4, -0.2) is 73.0 Å². The first kappa shape index (κ1) is 27.1. The molecule has 1 aliphatic heterocycles. The monoisotopic (exact) mass is 457 g/mol. The number of rotatable bonds is 17. The van der Waals surface area contributed by atoms with Gasteiger partial charge in [0, 0.05) is 6.61 Å². The maximum absolute atomic E-state index is 10.2. The third-order valence-corrected chi connectivity index (χ3v) is 6.08. The summed E-state index contributed by atoms with van der Waals surface area (Å²) in [6, 6.07) is 0. The van der Waals surface area contributed by atoms with Crippen molar-refractivity contribution in [2.45, 2.75) is 121 Å². The highest BCUT2D eigenvalue weighted by atomic mass is 16.6. The Balaban J connectivity index is 1.52. The van der Waals surface area contributed by atoms with E-state index < -0.39 is 37.3 Å². The molecule has 1 aromatic rings. The van der Waals surface area contributed by atoms with E-state index in [2.05, 4.69) is 17.2 Å². The van der Waals surface area contributed by atoms with E-state index in [9.17, 15) is 20.4 Å². The van der Waals surface area contributed by atoms with Crippen LogP contribution in [0.1, 0.15) is 95.9 Å². The Labute approximate surface area is 191 Å². The summed E-state index contributed by atoms with van der Waals surface area (Å²) in [5.41, 5.74) is 0.584. The molecule has 0 aromatic carbocycles. The van der Waals surface area contributed by atoms with Crippen LogP contribution in [0.3, 0.4) is 0 Å². The van der Waals surface area contributed by atoms with Gasteiger partial charge >= 0.3 is 0 Å². The van der Waals surface area contributed by atoms with Gasteiger partial charge in [-0.05, 0) is 6.42 Å². The lowest BCUT2D eigenvalue weighted by molar-refractivity contribution is -0.254. The van der Waals surface area contributed by atoms with Crippen molar-refractivity contribution in [3.8, 4) is 0 Å². The van der Waals surface area contributed by atoms with Crippen LogP contribution in [0.25, 0.3) is 0 Å². The summed E-state index contributed by atoms with van der Waals surface area (Å²) in [4.78, 5) is 0. The Hall–Kier alpha value is -1.10. The molecule has 0 aliphatic carbocycles. The summed E-state index contributed by atoms with van der Waals surface area (Å²) >= 11 is 0. The van der Waals surface area contributed by atoms with E-state index in [4.69, 9.17) is 9.47 Å². The smallest absolute Gasteiger partial charge is 0.180 e. The summed E-state index contributed by atoms with van der Waals surface area (Å²) < 4.78 is 12.4. The minimum Gasteiger partial charge on any atom is -0.394 e. The number of unbranched alkanes of at least 4 members (excludes halogenated alkanes) is 11. The van der Waals surface area contributed by atoms with Gasteiger partial charge < -0.3 is 29.9 Å². The SMILES string of the molecule is CCCCCCCCCCCCCCOCc1cn([C@@H]2O[C@H](CO)[C@@H](O)[C@H](O)[C@H]2O)nn1. The van der Waals surface area contributed by atoms with E-state index in [1.165, 1.54) is 68.9 Å². The van der Waals surface area contributed by atoms with Crippen molar-refractivity contribution in [2.75, 3.05) is 13.2 Å². The second kappa shape index (κ2) is 15.7. The predicted octanol–water partition coefficient (Wildman–Crippen LogP) is 2.47. The molecule has 1 fully saturated rings. The van der Waals surface area contributed by atoms with E-state index in [0.29, 0.717) is 18.9 Å². The van der Waals surface area contributed by atoms with Crippen LogP contribution < -0.4 is 0 Å². The molecule has 5 atom stereocenters. The van der Waals surface area contributed by atoms with E-state index in [0.717, 1.165) is 12.8 Å². The van der Waals surface area contributed by atoms with Gasteiger partial charge in [-0.1, -0.05) is 82.8 Å². The van der Waals surface area contributed by atoms with E-state index in [-0.39, 0.29) is 0 Å². The second-order valence-corrected chi connectivity index (χ2v) is 8.85. The largest absolute Gasteiger partial charge is 0.394 e. The number of hydrogen-bond acceptors (Lipinski definition) is 8. The minimum absolute atomic E-state index is 0.301. The van der Waals surface area contributed by atoms with Gasteiger partial charge in [-0.3, -0.25) is 0 Å². The van der Waals surface area contributed by atoms with E-state index in [1.807, 2.05) is 0 Å². The van der Waals surface area contributed by atoms with Gasteiger partial charge in [0.2, 0.25) is 0 Å². The maximum atomic E-state index is 10.2. The molecule has 2 heterocycles. The Morgan fingerprint density at radius 2 is 1.47 bits per heavy atom. The lowest BCUT2D eigenvalue weighted by Gasteiger charge is -2.39. The number of nitrogens with zero attached hydrogens (tertiary/aromatic N) is 3. The number of aliphatic hydroxyl groups is 4. The third-order valence-electron chi connectivity index (χ3n) is 6.08. The zero-order chi connectivity index (χ0) is 23.2. The van der Waals surface area contributed by atoms with Gasteiger partial charge in [0.1, 0.15) is 30.1 Å². The molecule has 32 heavy (non-hydrogen) atoms. The number of ether oxygens (including phenoxy) is 2. The Kier molecular flexibility index (Phi) is 13.3. The van der Waals surface area contributed by atoms with Gasteiger partial charge in [0.25, 0.3) is 0 Å². The normalized spacial score (nSPS) is 26.0. The third kappa shape index (κ3) is 9.03. The fourth-order valence-corrected chi connectivity index (χ4v) is 4.03. The molecule has 0 bridgehead atoms. The van der Waals surface area contributed by atoms with Crippen LogP contribution in [0, 0.1) is 0 Å². The summed E-state index contributed by atoms with van der Waals surface area (Å²) in [5, 5.41) is 47.1. The Morgan fingerprint density at radius 1 is 0.875 bits per heavy atom. The second-order valence-electron chi connectivity index (χ2n) is 8.85. The summed E-state index contributed by atoms with van der Waals surface area (Å²) in [5.74, 6) is 0. The minimum atomic E-state index is -1.44. The fraction of sp³-hybridized carbons (Fsp3) is 0.913. The highest BCUT2D eigenvalue weighted by Gasteiger charge is 2.44. The molecule has 4 N–H and O–H groups in total. The van der Waals surface area contributed by atoms with Crippen LogP contribution in [0.5, 0.6) is 0 Å². The Bertz CT molecular complexity index is 600. The number of hydrogen-bond donors (Lipinski definition) is 4. The molecular weight excluding hydrogens is 414 g/mol. The number of aliphatic hydroxyl groups excluding tert-OH is 4. The highest BCUT2D eigenvalue weighted by Crippen LogP contribution is 2.27. The predicted molar refractivity (Wildman–Crippen MR) is 120 cm³/mol. The molecule has 9 heteroatoms. The van der Waals surface area contributed by atoms with E-state index >= 15 is 0 Å². The molecule has 0 spiro atoms. The van der Waals surface area contributed by atoms with Crippen molar-refractivity contribution in [1.82, 2.24) is 15.0 Å². The van der Waals surface area contributed by atoms with Crippen LogP contribution in [0.2, 0.25) is 0 Å². The first-order valence-electron chi connectivity index (χ1n) is 12.4. The molecule has 0 radical (unpaired) electrons. The van der Waals surface area contributed by atoms with Crippen molar-refractivity contribution in [3.63, 3.8) is 0 Å². The molecular formula is C23H43N3O6. The van der Waals surface area contributed by atoms with Crippen molar-refractivity contribution in [3.05, 3.63) is 11.9 Å². The van der Waals surface area contributed by atoms with Crippen LogP contribution in [-0.2, 0) is 16.1 Å². The molecule has 1 saturated heterocycles. The standard InChI is InChI=1S/C23H43N3O6/c1-2-3-4-5-6-7-8-9-10-11-12-13-14-31-17-18-15-26(25-24-18)23-22(30)21(29)20(28)19(16-27)32-23/h15,19-23,27-30H,2-14,16-17H2,1H3/t19-,20-,21+,22-,23-/m1/s1. The zero-order valence-electron chi connectivity index (χ0n) is 19.5. The molecule has 0 unspecified atom stereocenters. The van der Waals surface area contributed by atoms with Crippen LogP contribution in [0.4, 0.5) is 0 Å². The maximum Gasteiger partial charge on any atom is 0.180 e. The molecule has 1 aromatic heterocycles. The van der Waals surface area contributed by atoms with E-state index in [1.54, 1.807) is 6.20 Å². The van der Waals surface area contributed by atoms with Crippen molar-refractivity contribution in [1.29, 1.82) is 0 Å². The van der Waals surface area contributed by atoms with Gasteiger partial charge in [0.05, 0.1) is 19.4 Å². The summed E-state index contributed by atoms with van der Waals surface area (Å²) in [7, 11) is 0. The first-order chi connectivity index (χ1) is 15.6. The van der Waals surface area contributed by atoms with Gasteiger partial charge in [-0.15, -0.1) is 5.10 Å². The topological polar surface area (TPSA) is 130 Å². The van der Waals surface area contributed by atoms with Crippen LogP contribution in [0.15, 0.2) is 6.20 Å². The first-order valence-corrected chi connectivity index (χ1v) is 12.4. The van der Waals surface area contributed by atoms with Crippen LogP contribution >= 0.6 is 0 Å². The fourth-order valence-electron chi connectivity index (χ4n) is 4.03. The lowest BCUT2D eigenvalue weighted by Crippen LogP contribution is -2.56. The van der Waals surface area contributed by atoms with Gasteiger partial charge in [-0.2, -0.15) is 0 Å². The van der Waals surface area contributed by atoms with Gasteiger partial charge in [0.15, 0.2) is 6.23 Å². The Morgan fingerprint density at radius 3 is 2.06 bits per heavy atom.